The topological polar surface area (TPSA) is 97.6 Å². The van der Waals surface area contributed by atoms with Crippen LogP contribution in [0.2, 0.25) is 0 Å². The molecule has 0 bridgehead atoms. The molecule has 0 saturated heterocycles. The minimum absolute atomic E-state index is 0.00409. The Morgan fingerprint density at radius 3 is 2.66 bits per heavy atom. The maximum Gasteiger partial charge on any atom is 0.256 e. The third-order valence-electron chi connectivity index (χ3n) is 4.18. The number of fused-ring (bicyclic) bond motifs is 1. The molecule has 1 N–H and O–H groups in total. The number of carbonyl (C=O) groups is 2. The van der Waals surface area contributed by atoms with Crippen LogP contribution in [0.1, 0.15) is 22.3 Å². The Morgan fingerprint density at radius 2 is 1.90 bits per heavy atom. The molecule has 2 aromatic carbocycles. The van der Waals surface area contributed by atoms with Gasteiger partial charge in [0.05, 0.1) is 24.3 Å². The van der Waals surface area contributed by atoms with Crippen molar-refractivity contribution in [1.82, 2.24) is 15.2 Å². The van der Waals surface area contributed by atoms with Crippen LogP contribution >= 0.6 is 0 Å². The van der Waals surface area contributed by atoms with Gasteiger partial charge in [0.1, 0.15) is 22.7 Å². The molecule has 3 aromatic rings. The van der Waals surface area contributed by atoms with Crippen molar-refractivity contribution in [2.75, 3.05) is 26.1 Å². The van der Waals surface area contributed by atoms with Crippen molar-refractivity contribution in [2.45, 2.75) is 13.0 Å². The van der Waals surface area contributed by atoms with Gasteiger partial charge in [-0.2, -0.15) is 0 Å². The standard InChI is InChI=1S/C19H18F2N4O4/c1-25(10-11-3-4-15-17(7-11)24-29-23-15)19(27)12-8-16(14(21)9-13(12)20)22-18(26)5-6-28-2/h3-4,7-9H,5-6,10H2,1-2H3,(H,22,26). The summed E-state index contributed by atoms with van der Waals surface area (Å²) in [4.78, 5) is 25.7. The summed E-state index contributed by atoms with van der Waals surface area (Å²) in [5, 5.41) is 9.75. The molecule has 0 fully saturated rings. The molecule has 1 aromatic heterocycles. The van der Waals surface area contributed by atoms with E-state index in [2.05, 4.69) is 20.3 Å². The lowest BCUT2D eigenvalue weighted by Crippen LogP contribution is -2.27. The van der Waals surface area contributed by atoms with Gasteiger partial charge in [0.15, 0.2) is 0 Å². The van der Waals surface area contributed by atoms with Gasteiger partial charge in [-0.25, -0.2) is 13.4 Å². The van der Waals surface area contributed by atoms with Gasteiger partial charge in [0, 0.05) is 26.8 Å². The smallest absolute Gasteiger partial charge is 0.256 e. The fraction of sp³-hybridized carbons (Fsp3) is 0.263. The molecule has 0 aliphatic carbocycles. The number of hydrogen-bond donors (Lipinski definition) is 1. The number of aromatic nitrogens is 2. The molecular formula is C19H18F2N4O4. The highest BCUT2D eigenvalue weighted by atomic mass is 19.1. The van der Waals surface area contributed by atoms with Crippen molar-refractivity contribution in [3.63, 3.8) is 0 Å². The Labute approximate surface area is 164 Å². The average Bonchev–Trinajstić information content (AvgIpc) is 3.15. The third kappa shape index (κ3) is 4.72. The van der Waals surface area contributed by atoms with Crippen LogP contribution in [0.3, 0.4) is 0 Å². The largest absolute Gasteiger partial charge is 0.384 e. The molecule has 8 nitrogen and oxygen atoms in total. The van der Waals surface area contributed by atoms with Crippen molar-refractivity contribution in [2.24, 2.45) is 0 Å². The molecular weight excluding hydrogens is 386 g/mol. The van der Waals surface area contributed by atoms with Crippen LogP contribution in [-0.4, -0.2) is 47.8 Å². The van der Waals surface area contributed by atoms with Crippen molar-refractivity contribution < 1.29 is 27.7 Å². The summed E-state index contributed by atoms with van der Waals surface area (Å²) in [6.45, 7) is 0.294. The monoisotopic (exact) mass is 404 g/mol. The van der Waals surface area contributed by atoms with Gasteiger partial charge < -0.3 is 15.0 Å². The van der Waals surface area contributed by atoms with E-state index in [9.17, 15) is 18.4 Å². The van der Waals surface area contributed by atoms with E-state index in [1.807, 2.05) is 0 Å². The Morgan fingerprint density at radius 1 is 1.14 bits per heavy atom. The lowest BCUT2D eigenvalue weighted by atomic mass is 10.1. The zero-order valence-corrected chi connectivity index (χ0v) is 15.7. The second-order valence-electron chi connectivity index (χ2n) is 6.35. The van der Waals surface area contributed by atoms with Gasteiger partial charge in [-0.15, -0.1) is 0 Å². The number of hydrogen-bond acceptors (Lipinski definition) is 6. The molecule has 0 saturated carbocycles. The number of benzene rings is 2. The van der Waals surface area contributed by atoms with Gasteiger partial charge in [0.25, 0.3) is 5.91 Å². The van der Waals surface area contributed by atoms with Gasteiger partial charge in [-0.3, -0.25) is 9.59 Å². The third-order valence-corrected chi connectivity index (χ3v) is 4.18. The molecule has 3 rings (SSSR count). The molecule has 0 spiro atoms. The molecule has 0 aliphatic rings. The Hall–Kier alpha value is -3.40. The highest BCUT2D eigenvalue weighted by molar-refractivity contribution is 5.97. The van der Waals surface area contributed by atoms with Crippen molar-refractivity contribution in [3.8, 4) is 0 Å². The maximum atomic E-state index is 14.2. The van der Waals surface area contributed by atoms with E-state index in [1.54, 1.807) is 18.2 Å². The van der Waals surface area contributed by atoms with E-state index in [0.29, 0.717) is 17.1 Å². The summed E-state index contributed by atoms with van der Waals surface area (Å²) < 4.78 is 37.7. The second-order valence-corrected chi connectivity index (χ2v) is 6.35. The van der Waals surface area contributed by atoms with Crippen LogP contribution in [0.25, 0.3) is 11.0 Å². The van der Waals surface area contributed by atoms with E-state index in [-0.39, 0.29) is 30.8 Å². The molecule has 10 heteroatoms. The number of amides is 2. The zero-order valence-electron chi connectivity index (χ0n) is 15.7. The number of nitrogens with zero attached hydrogens (tertiary/aromatic N) is 3. The minimum Gasteiger partial charge on any atom is -0.384 e. The van der Waals surface area contributed by atoms with Crippen LogP contribution in [0, 0.1) is 11.6 Å². The van der Waals surface area contributed by atoms with E-state index in [1.165, 1.54) is 19.1 Å². The van der Waals surface area contributed by atoms with Gasteiger partial charge in [-0.05, 0) is 34.1 Å². The van der Waals surface area contributed by atoms with E-state index < -0.39 is 23.4 Å². The SMILES string of the molecule is COCCC(=O)Nc1cc(C(=O)N(C)Cc2ccc3nonc3c2)c(F)cc1F. The predicted molar refractivity (Wildman–Crippen MR) is 99.1 cm³/mol. The number of halogens is 2. The van der Waals surface area contributed by atoms with Crippen LogP contribution in [0.5, 0.6) is 0 Å². The average molecular weight is 404 g/mol. The first-order valence-electron chi connectivity index (χ1n) is 8.63. The molecule has 2 amide bonds. The maximum absolute atomic E-state index is 14.2. The predicted octanol–water partition coefficient (Wildman–Crippen LogP) is 2.75. The molecule has 1 heterocycles. The quantitative estimate of drug-likeness (QED) is 0.650. The van der Waals surface area contributed by atoms with Gasteiger partial charge in [-0.1, -0.05) is 6.07 Å². The first-order chi connectivity index (χ1) is 13.9. The number of nitrogens with one attached hydrogen (secondary N) is 1. The Kier molecular flexibility index (Phi) is 6.13. The summed E-state index contributed by atoms with van der Waals surface area (Å²) in [6, 6.07) is 6.67. The number of rotatable bonds is 7. The van der Waals surface area contributed by atoms with E-state index in [0.717, 1.165) is 11.6 Å². The zero-order chi connectivity index (χ0) is 21.0. The highest BCUT2D eigenvalue weighted by Crippen LogP contribution is 2.22. The first-order valence-corrected chi connectivity index (χ1v) is 8.63. The molecule has 0 radical (unpaired) electrons. The van der Waals surface area contributed by atoms with Crippen molar-refractivity contribution in [3.05, 3.63) is 53.1 Å². The fourth-order valence-corrected chi connectivity index (χ4v) is 2.69. The normalized spacial score (nSPS) is 10.9. The highest BCUT2D eigenvalue weighted by Gasteiger charge is 2.20. The molecule has 29 heavy (non-hydrogen) atoms. The fourth-order valence-electron chi connectivity index (χ4n) is 2.69. The Balaban J connectivity index is 1.77. The Bertz CT molecular complexity index is 1050. The molecule has 0 atom stereocenters. The first kappa shape index (κ1) is 20.3. The number of carbonyl (C=O) groups excluding carboxylic acids is 2. The van der Waals surface area contributed by atoms with Gasteiger partial charge in [0.2, 0.25) is 5.91 Å². The summed E-state index contributed by atoms with van der Waals surface area (Å²) in [7, 11) is 2.91. The van der Waals surface area contributed by atoms with Crippen LogP contribution in [0.15, 0.2) is 35.0 Å². The molecule has 0 unspecified atom stereocenters. The number of ether oxygens (including phenoxy) is 1. The van der Waals surface area contributed by atoms with Crippen LogP contribution < -0.4 is 5.32 Å². The van der Waals surface area contributed by atoms with Gasteiger partial charge >= 0.3 is 0 Å². The van der Waals surface area contributed by atoms with E-state index >= 15 is 0 Å². The van der Waals surface area contributed by atoms with Crippen molar-refractivity contribution in [1.29, 1.82) is 0 Å². The number of anilines is 1. The number of methoxy groups -OCH3 is 1. The minimum atomic E-state index is -1.02. The molecule has 152 valence electrons. The summed E-state index contributed by atoms with van der Waals surface area (Å²) >= 11 is 0. The summed E-state index contributed by atoms with van der Waals surface area (Å²) in [6.07, 6.45) is -0.00409. The van der Waals surface area contributed by atoms with Crippen LogP contribution in [0.4, 0.5) is 14.5 Å². The molecule has 0 aliphatic heterocycles. The summed E-state index contributed by atoms with van der Waals surface area (Å²) in [5.41, 5.74) is 1.18. The summed E-state index contributed by atoms with van der Waals surface area (Å²) in [5.74, 6) is -3.19. The van der Waals surface area contributed by atoms with E-state index in [4.69, 9.17) is 4.74 Å². The van der Waals surface area contributed by atoms with Crippen molar-refractivity contribution >= 4 is 28.5 Å². The second kappa shape index (κ2) is 8.74. The lowest BCUT2D eigenvalue weighted by molar-refractivity contribution is -0.117. The van der Waals surface area contributed by atoms with Crippen LogP contribution in [-0.2, 0) is 16.1 Å². The lowest BCUT2D eigenvalue weighted by Gasteiger charge is -2.18.